The van der Waals surface area contributed by atoms with Gasteiger partial charge in [-0.2, -0.15) is 0 Å². The smallest absolute Gasteiger partial charge is 0.227 e. The standard InChI is InChI=1S/C27H40FN3O3/c1-20-21(10-9-11-24(20)28)25-22(26(32)30-12-5-3-6-13-30)18-29(16-17-34-2)19-23(25)27(33)31-14-7-4-8-15-31/h9-11,22-23,25H,3-8,12-19H2,1-2H3/t22-,23+,25?. The molecule has 4 rings (SSSR count). The first-order valence-corrected chi connectivity index (χ1v) is 13.0. The first-order valence-electron chi connectivity index (χ1n) is 13.0. The van der Waals surface area contributed by atoms with Crippen molar-refractivity contribution in [3.8, 4) is 0 Å². The van der Waals surface area contributed by atoms with Crippen LogP contribution in [0, 0.1) is 24.6 Å². The van der Waals surface area contributed by atoms with Crippen molar-refractivity contribution in [1.82, 2.24) is 14.7 Å². The molecule has 1 aromatic carbocycles. The summed E-state index contributed by atoms with van der Waals surface area (Å²) in [5, 5.41) is 0. The number of likely N-dealkylation sites (tertiary alicyclic amines) is 3. The van der Waals surface area contributed by atoms with E-state index in [2.05, 4.69) is 4.90 Å². The van der Waals surface area contributed by atoms with Crippen molar-refractivity contribution in [2.24, 2.45) is 11.8 Å². The van der Waals surface area contributed by atoms with Gasteiger partial charge in [-0.25, -0.2) is 4.39 Å². The minimum absolute atomic E-state index is 0.118. The molecule has 0 radical (unpaired) electrons. The molecule has 7 heteroatoms. The van der Waals surface area contributed by atoms with Crippen LogP contribution in [-0.2, 0) is 14.3 Å². The van der Waals surface area contributed by atoms with Gasteiger partial charge < -0.3 is 14.5 Å². The Balaban J connectivity index is 1.73. The second-order valence-corrected chi connectivity index (χ2v) is 10.2. The topological polar surface area (TPSA) is 53.1 Å². The highest BCUT2D eigenvalue weighted by molar-refractivity contribution is 5.85. The summed E-state index contributed by atoms with van der Waals surface area (Å²) < 4.78 is 20.1. The predicted octanol–water partition coefficient (Wildman–Crippen LogP) is 3.44. The molecule has 3 saturated heterocycles. The van der Waals surface area contributed by atoms with Crippen molar-refractivity contribution in [3.05, 3.63) is 35.1 Å². The van der Waals surface area contributed by atoms with Gasteiger partial charge in [0.25, 0.3) is 0 Å². The van der Waals surface area contributed by atoms with Gasteiger partial charge >= 0.3 is 0 Å². The highest BCUT2D eigenvalue weighted by Crippen LogP contribution is 2.41. The molecule has 3 atom stereocenters. The molecule has 3 fully saturated rings. The van der Waals surface area contributed by atoms with Crippen LogP contribution >= 0.6 is 0 Å². The van der Waals surface area contributed by atoms with Crippen molar-refractivity contribution in [1.29, 1.82) is 0 Å². The van der Waals surface area contributed by atoms with Crippen LogP contribution in [0.3, 0.4) is 0 Å². The summed E-state index contributed by atoms with van der Waals surface area (Å²) in [6.07, 6.45) is 6.38. The molecule has 0 aromatic heterocycles. The lowest BCUT2D eigenvalue weighted by Crippen LogP contribution is -2.56. The minimum atomic E-state index is -0.372. The zero-order valence-corrected chi connectivity index (χ0v) is 20.8. The molecule has 3 aliphatic heterocycles. The molecule has 188 valence electrons. The number of halogens is 1. The molecule has 2 amide bonds. The summed E-state index contributed by atoms with van der Waals surface area (Å²) in [6, 6.07) is 5.12. The maximum absolute atomic E-state index is 14.7. The maximum atomic E-state index is 14.7. The van der Waals surface area contributed by atoms with Crippen LogP contribution in [0.5, 0.6) is 0 Å². The first-order chi connectivity index (χ1) is 16.5. The lowest BCUT2D eigenvalue weighted by Gasteiger charge is -2.46. The van der Waals surface area contributed by atoms with E-state index in [4.69, 9.17) is 4.74 Å². The number of carbonyl (C=O) groups excluding carboxylic acids is 2. The number of piperidine rings is 3. The quantitative estimate of drug-likeness (QED) is 0.635. The fraction of sp³-hybridized carbons (Fsp3) is 0.704. The van der Waals surface area contributed by atoms with Crippen LogP contribution in [0.2, 0.25) is 0 Å². The highest BCUT2D eigenvalue weighted by atomic mass is 19.1. The van der Waals surface area contributed by atoms with Crippen molar-refractivity contribution < 1.29 is 18.7 Å². The van der Waals surface area contributed by atoms with Crippen LogP contribution in [-0.4, -0.2) is 86.0 Å². The number of ether oxygens (including phenoxy) is 1. The molecular formula is C27H40FN3O3. The van der Waals surface area contributed by atoms with E-state index in [0.717, 1.165) is 70.3 Å². The Bertz CT molecular complexity index is 812. The third-order valence-electron chi connectivity index (χ3n) is 8.03. The second kappa shape index (κ2) is 11.6. The number of hydrogen-bond acceptors (Lipinski definition) is 4. The lowest BCUT2D eigenvalue weighted by atomic mass is 9.71. The van der Waals surface area contributed by atoms with Gasteiger partial charge in [0.1, 0.15) is 5.82 Å². The molecule has 0 aliphatic carbocycles. The van der Waals surface area contributed by atoms with Crippen LogP contribution in [0.1, 0.15) is 55.6 Å². The summed E-state index contributed by atoms with van der Waals surface area (Å²) in [4.78, 5) is 34.1. The van der Waals surface area contributed by atoms with E-state index >= 15 is 0 Å². The second-order valence-electron chi connectivity index (χ2n) is 10.2. The molecular weight excluding hydrogens is 433 g/mol. The SMILES string of the molecule is COCCN1C[C@H](C(=O)N2CCCCC2)C(c2cccc(F)c2C)[C@H](C(=O)N2CCCCC2)C1. The highest BCUT2D eigenvalue weighted by Gasteiger charge is 2.47. The molecule has 3 aliphatic rings. The first kappa shape index (κ1) is 25.1. The Morgan fingerprint density at radius 1 is 0.912 bits per heavy atom. The molecule has 0 N–H and O–H groups in total. The molecule has 0 saturated carbocycles. The fourth-order valence-electron chi connectivity index (χ4n) is 6.12. The normalized spacial score (nSPS) is 26.5. The summed E-state index contributed by atoms with van der Waals surface area (Å²) in [7, 11) is 1.68. The van der Waals surface area contributed by atoms with Crippen LogP contribution in [0.25, 0.3) is 0 Å². The predicted molar refractivity (Wildman–Crippen MR) is 130 cm³/mol. The lowest BCUT2D eigenvalue weighted by molar-refractivity contribution is -0.146. The Labute approximate surface area is 203 Å². The van der Waals surface area contributed by atoms with Gasteiger partial charge in [-0.3, -0.25) is 14.5 Å². The van der Waals surface area contributed by atoms with Crippen molar-refractivity contribution in [2.75, 3.05) is 59.5 Å². The Kier molecular flexibility index (Phi) is 8.59. The van der Waals surface area contributed by atoms with Crippen LogP contribution in [0.15, 0.2) is 18.2 Å². The van der Waals surface area contributed by atoms with E-state index in [1.807, 2.05) is 15.9 Å². The molecule has 6 nitrogen and oxygen atoms in total. The van der Waals surface area contributed by atoms with Crippen molar-refractivity contribution in [3.63, 3.8) is 0 Å². The summed E-state index contributed by atoms with van der Waals surface area (Å²) in [6.45, 7) is 7.25. The summed E-state index contributed by atoms with van der Waals surface area (Å²) >= 11 is 0. The number of benzene rings is 1. The fourth-order valence-corrected chi connectivity index (χ4v) is 6.12. The number of carbonyl (C=O) groups is 2. The minimum Gasteiger partial charge on any atom is -0.383 e. The van der Waals surface area contributed by atoms with E-state index in [1.54, 1.807) is 20.1 Å². The summed E-state index contributed by atoms with van der Waals surface area (Å²) in [5.41, 5.74) is 1.38. The zero-order chi connectivity index (χ0) is 24.1. The largest absolute Gasteiger partial charge is 0.383 e. The molecule has 1 aromatic rings. The number of amides is 2. The molecule has 0 spiro atoms. The van der Waals surface area contributed by atoms with E-state index in [-0.39, 0.29) is 35.4 Å². The Hall–Kier alpha value is -1.99. The van der Waals surface area contributed by atoms with E-state index < -0.39 is 0 Å². The van der Waals surface area contributed by atoms with Crippen molar-refractivity contribution in [2.45, 2.75) is 51.4 Å². The average molecular weight is 474 g/mol. The third kappa shape index (κ3) is 5.46. The number of hydrogen-bond donors (Lipinski definition) is 0. The van der Waals surface area contributed by atoms with Gasteiger partial charge in [0.15, 0.2) is 0 Å². The van der Waals surface area contributed by atoms with E-state index in [9.17, 15) is 14.0 Å². The average Bonchev–Trinajstić information content (AvgIpc) is 2.89. The monoisotopic (exact) mass is 473 g/mol. The van der Waals surface area contributed by atoms with Gasteiger partial charge in [0.2, 0.25) is 11.8 Å². The molecule has 1 unspecified atom stereocenters. The van der Waals surface area contributed by atoms with Crippen LogP contribution < -0.4 is 0 Å². The van der Waals surface area contributed by atoms with Gasteiger partial charge in [0.05, 0.1) is 18.4 Å². The van der Waals surface area contributed by atoms with Gasteiger partial charge in [0, 0.05) is 58.8 Å². The zero-order valence-electron chi connectivity index (χ0n) is 20.8. The number of rotatable bonds is 6. The Morgan fingerprint density at radius 3 is 1.94 bits per heavy atom. The van der Waals surface area contributed by atoms with E-state index in [0.29, 0.717) is 31.8 Å². The van der Waals surface area contributed by atoms with Gasteiger partial charge in [-0.15, -0.1) is 0 Å². The molecule has 0 bridgehead atoms. The molecule has 3 heterocycles. The Morgan fingerprint density at radius 2 is 1.44 bits per heavy atom. The molecule has 34 heavy (non-hydrogen) atoms. The van der Waals surface area contributed by atoms with Crippen LogP contribution in [0.4, 0.5) is 4.39 Å². The number of methoxy groups -OCH3 is 1. The van der Waals surface area contributed by atoms with E-state index in [1.165, 1.54) is 6.07 Å². The van der Waals surface area contributed by atoms with Gasteiger partial charge in [-0.05, 0) is 62.6 Å². The van der Waals surface area contributed by atoms with Gasteiger partial charge in [-0.1, -0.05) is 12.1 Å². The maximum Gasteiger partial charge on any atom is 0.227 e. The van der Waals surface area contributed by atoms with Crippen molar-refractivity contribution >= 4 is 11.8 Å². The summed E-state index contributed by atoms with van der Waals surface area (Å²) in [5.74, 6) is -1.10. The third-order valence-corrected chi connectivity index (χ3v) is 8.03. The number of nitrogens with zero attached hydrogens (tertiary/aromatic N) is 3.